The number of nitrogens with one attached hydrogen (secondary N) is 1. The lowest BCUT2D eigenvalue weighted by atomic mass is 10.0. The standard InChI is InChI=1S/C21H19N5/c1-2-8-18(9-3-1)21(20-11-4-5-12-22-20)25-19-10-6-7-17(13-19)14-26-15-23-24-16-26/h1-13,15-16,21,25H,14H2/t21-/m0/s1. The fourth-order valence-electron chi connectivity index (χ4n) is 2.96. The van der Waals surface area contributed by atoms with Gasteiger partial charge in [0, 0.05) is 11.9 Å². The molecule has 5 heteroatoms. The van der Waals surface area contributed by atoms with Crippen LogP contribution in [0.3, 0.4) is 0 Å². The molecular weight excluding hydrogens is 322 g/mol. The van der Waals surface area contributed by atoms with Crippen LogP contribution in [0.5, 0.6) is 0 Å². The van der Waals surface area contributed by atoms with E-state index in [9.17, 15) is 0 Å². The second-order valence-electron chi connectivity index (χ2n) is 6.08. The van der Waals surface area contributed by atoms with Gasteiger partial charge in [0.25, 0.3) is 0 Å². The molecule has 1 N–H and O–H groups in total. The van der Waals surface area contributed by atoms with Crippen LogP contribution in [0.25, 0.3) is 0 Å². The van der Waals surface area contributed by atoms with Crippen LogP contribution in [0.2, 0.25) is 0 Å². The highest BCUT2D eigenvalue weighted by Gasteiger charge is 2.15. The van der Waals surface area contributed by atoms with Crippen LogP contribution in [0.1, 0.15) is 22.9 Å². The molecule has 1 atom stereocenters. The van der Waals surface area contributed by atoms with Crippen LogP contribution < -0.4 is 5.32 Å². The smallest absolute Gasteiger partial charge is 0.119 e. The van der Waals surface area contributed by atoms with Crippen molar-refractivity contribution in [1.82, 2.24) is 19.7 Å². The SMILES string of the molecule is c1ccc([C@H](Nc2cccc(Cn3cnnc3)c2)c2ccccn2)cc1. The van der Waals surface area contributed by atoms with Gasteiger partial charge in [0.05, 0.1) is 18.3 Å². The maximum atomic E-state index is 4.55. The molecule has 4 rings (SSSR count). The number of aromatic nitrogens is 4. The van der Waals surface area contributed by atoms with Crippen molar-refractivity contribution in [3.05, 3.63) is 108 Å². The summed E-state index contributed by atoms with van der Waals surface area (Å²) in [6.45, 7) is 0.738. The molecule has 0 bridgehead atoms. The highest BCUT2D eigenvalue weighted by molar-refractivity contribution is 5.50. The van der Waals surface area contributed by atoms with Crippen molar-refractivity contribution in [2.75, 3.05) is 5.32 Å². The maximum absolute atomic E-state index is 4.55. The van der Waals surface area contributed by atoms with Gasteiger partial charge in [-0.25, -0.2) is 0 Å². The molecule has 0 radical (unpaired) electrons. The number of nitrogens with zero attached hydrogens (tertiary/aromatic N) is 4. The molecule has 0 unspecified atom stereocenters. The number of rotatable bonds is 6. The fraction of sp³-hybridized carbons (Fsp3) is 0.0952. The number of pyridine rings is 1. The monoisotopic (exact) mass is 341 g/mol. The Morgan fingerprint density at radius 3 is 2.42 bits per heavy atom. The average Bonchev–Trinajstić information content (AvgIpc) is 3.21. The minimum atomic E-state index is -0.0115. The molecule has 0 aliphatic heterocycles. The Bertz CT molecular complexity index is 897. The van der Waals surface area contributed by atoms with Gasteiger partial charge in [0.2, 0.25) is 0 Å². The summed E-state index contributed by atoms with van der Waals surface area (Å²) in [5.41, 5.74) is 4.40. The molecule has 0 spiro atoms. The summed E-state index contributed by atoms with van der Waals surface area (Å²) in [6.07, 6.45) is 5.27. The second kappa shape index (κ2) is 7.61. The summed E-state index contributed by atoms with van der Waals surface area (Å²) < 4.78 is 1.95. The van der Waals surface area contributed by atoms with Crippen molar-refractivity contribution in [2.45, 2.75) is 12.6 Å². The van der Waals surface area contributed by atoms with E-state index in [1.807, 2.05) is 35.0 Å². The molecule has 0 amide bonds. The highest BCUT2D eigenvalue weighted by Crippen LogP contribution is 2.25. The first-order chi connectivity index (χ1) is 12.9. The quantitative estimate of drug-likeness (QED) is 0.577. The summed E-state index contributed by atoms with van der Waals surface area (Å²) in [5.74, 6) is 0. The molecule has 0 saturated carbocycles. The van der Waals surface area contributed by atoms with Gasteiger partial charge in [0.15, 0.2) is 0 Å². The lowest BCUT2D eigenvalue weighted by Crippen LogP contribution is -2.14. The Morgan fingerprint density at radius 2 is 1.65 bits per heavy atom. The summed E-state index contributed by atoms with van der Waals surface area (Å²) in [7, 11) is 0. The highest BCUT2D eigenvalue weighted by atomic mass is 15.2. The molecule has 128 valence electrons. The van der Waals surface area contributed by atoms with E-state index >= 15 is 0 Å². The first-order valence-corrected chi connectivity index (χ1v) is 8.52. The minimum Gasteiger partial charge on any atom is -0.373 e. The van der Waals surface area contributed by atoms with E-state index in [4.69, 9.17) is 0 Å². The van der Waals surface area contributed by atoms with Crippen molar-refractivity contribution in [1.29, 1.82) is 0 Å². The number of hydrogen-bond acceptors (Lipinski definition) is 4. The third-order valence-corrected chi connectivity index (χ3v) is 4.19. The molecule has 2 heterocycles. The summed E-state index contributed by atoms with van der Waals surface area (Å²) in [4.78, 5) is 4.55. The van der Waals surface area contributed by atoms with Crippen LogP contribution in [0, 0.1) is 0 Å². The average molecular weight is 341 g/mol. The molecule has 0 fully saturated rings. The Balaban J connectivity index is 1.62. The molecule has 5 nitrogen and oxygen atoms in total. The first-order valence-electron chi connectivity index (χ1n) is 8.52. The molecule has 2 aromatic heterocycles. The number of anilines is 1. The van der Waals surface area contributed by atoms with Crippen LogP contribution in [0.15, 0.2) is 91.6 Å². The topological polar surface area (TPSA) is 55.6 Å². The zero-order chi connectivity index (χ0) is 17.6. The van der Waals surface area contributed by atoms with Crippen molar-refractivity contribution in [3.8, 4) is 0 Å². The van der Waals surface area contributed by atoms with Crippen LogP contribution in [0.4, 0.5) is 5.69 Å². The lowest BCUT2D eigenvalue weighted by molar-refractivity contribution is 0.793. The zero-order valence-corrected chi connectivity index (χ0v) is 14.2. The van der Waals surface area contributed by atoms with Gasteiger partial charge in [-0.2, -0.15) is 0 Å². The van der Waals surface area contributed by atoms with E-state index in [0.717, 1.165) is 17.9 Å². The van der Waals surface area contributed by atoms with E-state index in [-0.39, 0.29) is 6.04 Å². The van der Waals surface area contributed by atoms with Gasteiger partial charge in [-0.15, -0.1) is 10.2 Å². The third-order valence-electron chi connectivity index (χ3n) is 4.19. The lowest BCUT2D eigenvalue weighted by Gasteiger charge is -2.20. The first kappa shape index (κ1) is 16.0. The third kappa shape index (κ3) is 3.78. The van der Waals surface area contributed by atoms with E-state index < -0.39 is 0 Å². The van der Waals surface area contributed by atoms with Gasteiger partial charge in [-0.05, 0) is 35.4 Å². The Hall–Kier alpha value is -3.47. The molecule has 0 aliphatic rings. The molecule has 4 aromatic rings. The van der Waals surface area contributed by atoms with Gasteiger partial charge in [-0.1, -0.05) is 48.5 Å². The van der Waals surface area contributed by atoms with Crippen LogP contribution in [-0.4, -0.2) is 19.7 Å². The zero-order valence-electron chi connectivity index (χ0n) is 14.2. The van der Waals surface area contributed by atoms with Gasteiger partial charge in [-0.3, -0.25) is 4.98 Å². The predicted molar refractivity (Wildman–Crippen MR) is 102 cm³/mol. The maximum Gasteiger partial charge on any atom is 0.119 e. The van der Waals surface area contributed by atoms with Gasteiger partial charge in [0.1, 0.15) is 12.7 Å². The number of hydrogen-bond donors (Lipinski definition) is 1. The Morgan fingerprint density at radius 1 is 0.846 bits per heavy atom. The minimum absolute atomic E-state index is 0.0115. The van der Waals surface area contributed by atoms with E-state index in [1.54, 1.807) is 12.7 Å². The van der Waals surface area contributed by atoms with Crippen molar-refractivity contribution in [3.63, 3.8) is 0 Å². The predicted octanol–water partition coefficient (Wildman–Crippen LogP) is 3.92. The summed E-state index contributed by atoms with van der Waals surface area (Å²) >= 11 is 0. The van der Waals surface area contributed by atoms with Crippen molar-refractivity contribution < 1.29 is 0 Å². The molecule has 26 heavy (non-hydrogen) atoms. The van der Waals surface area contributed by atoms with Crippen molar-refractivity contribution >= 4 is 5.69 Å². The molecular formula is C21H19N5. The summed E-state index contributed by atoms with van der Waals surface area (Å²) in [6, 6.07) is 24.7. The molecule has 2 aromatic carbocycles. The Labute approximate surface area is 152 Å². The van der Waals surface area contributed by atoms with E-state index in [2.05, 4.69) is 69.0 Å². The van der Waals surface area contributed by atoms with Crippen LogP contribution in [-0.2, 0) is 6.54 Å². The van der Waals surface area contributed by atoms with Crippen molar-refractivity contribution in [2.24, 2.45) is 0 Å². The van der Waals surface area contributed by atoms with Gasteiger partial charge >= 0.3 is 0 Å². The van der Waals surface area contributed by atoms with E-state index in [0.29, 0.717) is 0 Å². The molecule has 0 saturated heterocycles. The fourth-order valence-corrected chi connectivity index (χ4v) is 2.96. The molecule has 0 aliphatic carbocycles. The largest absolute Gasteiger partial charge is 0.373 e. The Kier molecular flexibility index (Phi) is 4.69. The second-order valence-corrected chi connectivity index (χ2v) is 6.08. The number of benzene rings is 2. The van der Waals surface area contributed by atoms with Gasteiger partial charge < -0.3 is 9.88 Å². The normalized spacial score (nSPS) is 11.8. The van der Waals surface area contributed by atoms with Crippen LogP contribution >= 0.6 is 0 Å². The van der Waals surface area contributed by atoms with E-state index in [1.165, 1.54) is 11.1 Å². The summed E-state index contributed by atoms with van der Waals surface area (Å²) in [5, 5.41) is 11.3.